The van der Waals surface area contributed by atoms with Gasteiger partial charge >= 0.3 is 5.76 Å². The zero-order valence-corrected chi connectivity index (χ0v) is 17.3. The Morgan fingerprint density at radius 3 is 3.00 bits per heavy atom. The zero-order valence-electron chi connectivity index (χ0n) is 13.5. The number of benzene rings is 1. The minimum Gasteiger partial charge on any atom is -0.408 e. The number of aromatic nitrogens is 2. The highest BCUT2D eigenvalue weighted by atomic mass is 127. The lowest BCUT2D eigenvalue weighted by molar-refractivity contribution is 0.555. The number of hydrogen-bond acceptors (Lipinski definition) is 7. The molecule has 0 aliphatic rings. The molecule has 0 spiro atoms. The molecular formula is C17H15IN4O2S2. The molecule has 4 N–H and O–H groups in total. The molecule has 4 rings (SSSR count). The fourth-order valence-corrected chi connectivity index (χ4v) is 5.27. The summed E-state index contributed by atoms with van der Waals surface area (Å²) in [5.74, 6) is -0.446. The molecule has 0 saturated heterocycles. The molecule has 0 aliphatic carbocycles. The maximum absolute atomic E-state index is 11.3. The van der Waals surface area contributed by atoms with Crippen molar-refractivity contribution in [2.24, 2.45) is 5.73 Å². The van der Waals surface area contributed by atoms with Crippen LogP contribution in [0.25, 0.3) is 21.5 Å². The van der Waals surface area contributed by atoms with E-state index in [1.54, 1.807) is 22.7 Å². The predicted molar refractivity (Wildman–Crippen MR) is 115 cm³/mol. The first kappa shape index (κ1) is 17.7. The smallest absolute Gasteiger partial charge is 0.408 e. The van der Waals surface area contributed by atoms with Crippen molar-refractivity contribution in [3.8, 4) is 10.4 Å². The number of oxazole rings is 1. The van der Waals surface area contributed by atoms with E-state index in [-0.39, 0.29) is 6.04 Å². The number of H-pyrrole nitrogens is 1. The lowest BCUT2D eigenvalue weighted by Gasteiger charge is -2.10. The highest BCUT2D eigenvalue weighted by Gasteiger charge is 2.10. The van der Waals surface area contributed by atoms with E-state index in [1.807, 2.05) is 24.4 Å². The highest BCUT2D eigenvalue weighted by molar-refractivity contribution is 14.1. The van der Waals surface area contributed by atoms with Gasteiger partial charge in [0.05, 0.1) is 13.3 Å². The van der Waals surface area contributed by atoms with Crippen LogP contribution in [-0.2, 0) is 6.42 Å². The topological polar surface area (TPSA) is 96.9 Å². The van der Waals surface area contributed by atoms with E-state index in [1.165, 1.54) is 7.76 Å². The molecule has 1 atom stereocenters. The Hall–Kier alpha value is -1.69. The van der Waals surface area contributed by atoms with Crippen molar-refractivity contribution >= 4 is 61.5 Å². The van der Waals surface area contributed by atoms with Gasteiger partial charge in [-0.15, -0.1) is 11.3 Å². The Labute approximate surface area is 170 Å². The second-order valence-corrected chi connectivity index (χ2v) is 9.90. The second kappa shape index (κ2) is 7.51. The number of thiazole rings is 1. The Balaban J connectivity index is 1.41. The van der Waals surface area contributed by atoms with Gasteiger partial charge in [0.15, 0.2) is 10.7 Å². The third-order valence-corrected chi connectivity index (χ3v) is 6.74. The third-order valence-electron chi connectivity index (χ3n) is 3.82. The molecule has 0 radical (unpaired) electrons. The number of nitrogens with one attached hydrogen (secondary N) is 2. The average Bonchev–Trinajstić information content (AvgIpc) is 3.31. The van der Waals surface area contributed by atoms with Crippen LogP contribution in [0.3, 0.4) is 0 Å². The monoisotopic (exact) mass is 498 g/mol. The molecule has 0 fully saturated rings. The molecule has 3 aromatic heterocycles. The minimum absolute atomic E-state index is 0.0299. The summed E-state index contributed by atoms with van der Waals surface area (Å²) in [5.41, 5.74) is 8.41. The van der Waals surface area contributed by atoms with Crippen LogP contribution in [-0.4, -0.2) is 22.6 Å². The first-order chi connectivity index (χ1) is 12.6. The molecule has 4 aromatic rings. The summed E-state index contributed by atoms with van der Waals surface area (Å²) in [7, 11) is 0. The zero-order chi connectivity index (χ0) is 18.1. The Morgan fingerprint density at radius 2 is 2.19 bits per heavy atom. The van der Waals surface area contributed by atoms with Crippen LogP contribution in [0.15, 0.2) is 45.7 Å². The van der Waals surface area contributed by atoms with E-state index in [4.69, 9.17) is 10.2 Å². The first-order valence-electron chi connectivity index (χ1n) is 7.89. The molecule has 0 bridgehead atoms. The van der Waals surface area contributed by atoms with E-state index in [2.05, 4.69) is 50.0 Å². The standard InChI is InChI=1S/C17H15IN4O2S2/c18-15-4-2-11(25-15)6-10(19)7-20-16-21-8-14(26-16)9-1-3-12-13(5-9)24-17(23)22-12/h1-5,8,10H,6-7,19H2,(H,20,21)(H,22,23)/t10-/m0/s1. The quantitative estimate of drug-likeness (QED) is 0.351. The normalized spacial score (nSPS) is 12.5. The van der Waals surface area contributed by atoms with Crippen molar-refractivity contribution < 1.29 is 4.42 Å². The van der Waals surface area contributed by atoms with E-state index < -0.39 is 5.76 Å². The number of rotatable bonds is 6. The number of anilines is 1. The van der Waals surface area contributed by atoms with Gasteiger partial charge in [-0.05, 0) is 58.8 Å². The maximum atomic E-state index is 11.3. The minimum atomic E-state index is -0.446. The molecule has 0 unspecified atom stereocenters. The van der Waals surface area contributed by atoms with Crippen molar-refractivity contribution in [3.63, 3.8) is 0 Å². The van der Waals surface area contributed by atoms with E-state index in [0.29, 0.717) is 17.6 Å². The number of nitrogens with two attached hydrogens (primary N) is 1. The molecule has 0 aliphatic heterocycles. The molecule has 1 aromatic carbocycles. The lowest BCUT2D eigenvalue weighted by atomic mass is 10.2. The van der Waals surface area contributed by atoms with Gasteiger partial charge in [0.2, 0.25) is 0 Å². The van der Waals surface area contributed by atoms with Gasteiger partial charge in [-0.25, -0.2) is 9.78 Å². The number of nitrogens with zero attached hydrogens (tertiary/aromatic N) is 1. The summed E-state index contributed by atoms with van der Waals surface area (Å²) >= 11 is 5.64. The largest absolute Gasteiger partial charge is 0.417 e. The van der Waals surface area contributed by atoms with Crippen molar-refractivity contribution in [2.45, 2.75) is 12.5 Å². The molecule has 3 heterocycles. The maximum Gasteiger partial charge on any atom is 0.417 e. The first-order valence-corrected chi connectivity index (χ1v) is 10.6. The summed E-state index contributed by atoms with van der Waals surface area (Å²) in [6.07, 6.45) is 2.66. The number of fused-ring (bicyclic) bond motifs is 1. The molecule has 0 amide bonds. The fraction of sp³-hybridized carbons (Fsp3) is 0.176. The Bertz CT molecular complexity index is 1100. The second-order valence-electron chi connectivity index (χ2n) is 5.81. The Morgan fingerprint density at radius 1 is 1.31 bits per heavy atom. The van der Waals surface area contributed by atoms with Gasteiger partial charge in [-0.2, -0.15) is 0 Å². The van der Waals surface area contributed by atoms with Crippen LogP contribution < -0.4 is 16.8 Å². The molecule has 6 nitrogen and oxygen atoms in total. The molecule has 26 heavy (non-hydrogen) atoms. The van der Waals surface area contributed by atoms with Crippen LogP contribution >= 0.6 is 45.3 Å². The molecule has 0 saturated carbocycles. The summed E-state index contributed by atoms with van der Waals surface area (Å²) in [6.45, 7) is 0.660. The number of halogens is 1. The number of aromatic amines is 1. The molecule has 9 heteroatoms. The molecular weight excluding hydrogens is 483 g/mol. The van der Waals surface area contributed by atoms with Gasteiger partial charge in [0.25, 0.3) is 0 Å². The van der Waals surface area contributed by atoms with E-state index >= 15 is 0 Å². The van der Waals surface area contributed by atoms with Gasteiger partial charge in [0, 0.05) is 23.7 Å². The van der Waals surface area contributed by atoms with Crippen molar-refractivity contribution in [1.82, 2.24) is 9.97 Å². The highest BCUT2D eigenvalue weighted by Crippen LogP contribution is 2.30. The van der Waals surface area contributed by atoms with Gasteiger partial charge < -0.3 is 15.5 Å². The Kier molecular flexibility index (Phi) is 5.11. The fourth-order valence-electron chi connectivity index (χ4n) is 2.60. The van der Waals surface area contributed by atoms with Crippen molar-refractivity contribution in [2.75, 3.05) is 11.9 Å². The summed E-state index contributed by atoms with van der Waals surface area (Å²) in [5, 5.41) is 4.13. The SMILES string of the molecule is N[C@H](CNc1ncc(-c2ccc3[nH]c(=O)oc3c2)s1)Cc1ccc(I)s1. The summed E-state index contributed by atoms with van der Waals surface area (Å²) < 4.78 is 6.39. The van der Waals surface area contributed by atoms with E-state index in [9.17, 15) is 4.79 Å². The average molecular weight is 498 g/mol. The molecule has 134 valence electrons. The summed E-state index contributed by atoms with van der Waals surface area (Å²) in [4.78, 5) is 20.6. The van der Waals surface area contributed by atoms with Crippen LogP contribution in [0.5, 0.6) is 0 Å². The van der Waals surface area contributed by atoms with Crippen LogP contribution in [0, 0.1) is 2.88 Å². The van der Waals surface area contributed by atoms with Crippen molar-refractivity contribution in [3.05, 3.63) is 54.8 Å². The van der Waals surface area contributed by atoms with E-state index in [0.717, 1.165) is 22.0 Å². The van der Waals surface area contributed by atoms with Crippen LogP contribution in [0.1, 0.15) is 4.88 Å². The van der Waals surface area contributed by atoms with Crippen molar-refractivity contribution in [1.29, 1.82) is 0 Å². The lowest BCUT2D eigenvalue weighted by Crippen LogP contribution is -2.30. The third kappa shape index (κ3) is 4.00. The summed E-state index contributed by atoms with van der Waals surface area (Å²) in [6, 6.07) is 9.88. The van der Waals surface area contributed by atoms with Gasteiger partial charge in [-0.3, -0.25) is 4.98 Å². The van der Waals surface area contributed by atoms with Crippen LogP contribution in [0.4, 0.5) is 5.13 Å². The predicted octanol–water partition coefficient (Wildman–Crippen LogP) is 3.89. The number of hydrogen-bond donors (Lipinski definition) is 3. The van der Waals surface area contributed by atoms with Crippen LogP contribution in [0.2, 0.25) is 0 Å². The number of thiophene rings is 1. The van der Waals surface area contributed by atoms with Gasteiger partial charge in [-0.1, -0.05) is 17.4 Å². The van der Waals surface area contributed by atoms with Gasteiger partial charge in [0.1, 0.15) is 0 Å².